The van der Waals surface area contributed by atoms with Crippen LogP contribution in [-0.2, 0) is 17.6 Å². The first-order chi connectivity index (χ1) is 13.2. The van der Waals surface area contributed by atoms with Crippen molar-refractivity contribution in [1.82, 2.24) is 9.88 Å². The zero-order chi connectivity index (χ0) is 18.8. The quantitative estimate of drug-likeness (QED) is 0.778. The Kier molecular flexibility index (Phi) is 4.77. The van der Waals surface area contributed by atoms with E-state index < -0.39 is 0 Å². The van der Waals surface area contributed by atoms with Crippen molar-refractivity contribution in [3.8, 4) is 6.07 Å². The van der Waals surface area contributed by atoms with Crippen molar-refractivity contribution in [3.05, 3.63) is 70.0 Å². The average Bonchev–Trinajstić information content (AvgIpc) is 2.89. The molecule has 2 aliphatic rings. The number of benzene rings is 1. The van der Waals surface area contributed by atoms with Crippen LogP contribution in [0.25, 0.3) is 5.57 Å². The van der Waals surface area contributed by atoms with Gasteiger partial charge in [-0.25, -0.2) is 0 Å². The summed E-state index contributed by atoms with van der Waals surface area (Å²) in [5, 5.41) is 9.29. The van der Waals surface area contributed by atoms with Gasteiger partial charge in [0, 0.05) is 31.3 Å². The van der Waals surface area contributed by atoms with Gasteiger partial charge in [-0.05, 0) is 60.6 Å². The number of nitrogens with zero attached hydrogens (tertiary/aromatic N) is 3. The first-order valence-corrected chi connectivity index (χ1v) is 9.68. The molecule has 1 aliphatic carbocycles. The van der Waals surface area contributed by atoms with E-state index in [1.165, 1.54) is 27.8 Å². The Morgan fingerprint density at radius 2 is 1.93 bits per heavy atom. The van der Waals surface area contributed by atoms with Crippen LogP contribution in [0.2, 0.25) is 0 Å². The van der Waals surface area contributed by atoms with E-state index in [1.807, 2.05) is 36.2 Å². The van der Waals surface area contributed by atoms with Gasteiger partial charge in [-0.15, -0.1) is 0 Å². The van der Waals surface area contributed by atoms with Gasteiger partial charge in [-0.3, -0.25) is 9.78 Å². The van der Waals surface area contributed by atoms with Gasteiger partial charge in [-0.1, -0.05) is 24.6 Å². The predicted octanol–water partition coefficient (Wildman–Crippen LogP) is 3.89. The van der Waals surface area contributed by atoms with Gasteiger partial charge in [0.05, 0.1) is 17.3 Å². The lowest BCUT2D eigenvalue weighted by Gasteiger charge is -2.30. The second-order valence-electron chi connectivity index (χ2n) is 7.21. The van der Waals surface area contributed by atoms with Gasteiger partial charge in [0.2, 0.25) is 5.91 Å². The van der Waals surface area contributed by atoms with Crippen LogP contribution in [0.4, 0.5) is 0 Å². The molecule has 0 saturated carbocycles. The van der Waals surface area contributed by atoms with Crippen molar-refractivity contribution in [2.45, 2.75) is 39.0 Å². The van der Waals surface area contributed by atoms with Gasteiger partial charge in [-0.2, -0.15) is 5.26 Å². The summed E-state index contributed by atoms with van der Waals surface area (Å²) in [6.45, 7) is 3.48. The number of carbonyl (C=O) groups is 1. The average molecular weight is 357 g/mol. The number of rotatable bonds is 1. The van der Waals surface area contributed by atoms with Crippen LogP contribution in [0.5, 0.6) is 0 Å². The largest absolute Gasteiger partial charge is 0.342 e. The number of pyridine rings is 1. The number of hydrogen-bond donors (Lipinski definition) is 0. The molecule has 4 heteroatoms. The molecule has 0 unspecified atom stereocenters. The molecule has 0 radical (unpaired) electrons. The summed E-state index contributed by atoms with van der Waals surface area (Å²) in [6.07, 6.45) is 6.05. The lowest BCUT2D eigenvalue weighted by Crippen LogP contribution is -2.36. The number of aryl methyl sites for hydroxylation is 2. The predicted molar refractivity (Wildman–Crippen MR) is 105 cm³/mol. The molecule has 1 fully saturated rings. The first kappa shape index (κ1) is 17.5. The maximum atomic E-state index is 12.0. The highest BCUT2D eigenvalue weighted by Gasteiger charge is 2.26. The third-order valence-electron chi connectivity index (χ3n) is 5.67. The molecule has 1 aromatic carbocycles. The fourth-order valence-corrected chi connectivity index (χ4v) is 4.23. The zero-order valence-electron chi connectivity index (χ0n) is 15.7. The summed E-state index contributed by atoms with van der Waals surface area (Å²) in [4.78, 5) is 18.8. The van der Waals surface area contributed by atoms with E-state index in [-0.39, 0.29) is 5.91 Å². The van der Waals surface area contributed by atoms with Crippen molar-refractivity contribution < 1.29 is 4.79 Å². The van der Waals surface area contributed by atoms with Crippen LogP contribution in [0.3, 0.4) is 0 Å². The van der Waals surface area contributed by atoms with E-state index in [1.54, 1.807) is 0 Å². The van der Waals surface area contributed by atoms with Crippen LogP contribution in [0.15, 0.2) is 42.1 Å². The summed E-state index contributed by atoms with van der Waals surface area (Å²) in [7, 11) is 0. The number of likely N-dealkylation sites (tertiary alicyclic amines) is 1. The standard InChI is InChI=1S/C23H23N3O/c1-2-21(27)26-12-9-17(10-13-26)22-20-8-5-16(15-24)14-19(20)7-6-18-4-3-11-25-23(18)22/h3-5,8,11,14H,2,6-7,9-10,12-13H2,1H3. The molecule has 0 spiro atoms. The van der Waals surface area contributed by atoms with Crippen molar-refractivity contribution in [3.63, 3.8) is 0 Å². The third-order valence-corrected chi connectivity index (χ3v) is 5.67. The molecule has 2 aromatic rings. The Morgan fingerprint density at radius 3 is 2.67 bits per heavy atom. The Labute approximate surface area is 160 Å². The van der Waals surface area contributed by atoms with Crippen molar-refractivity contribution in [1.29, 1.82) is 5.26 Å². The monoisotopic (exact) mass is 357 g/mol. The first-order valence-electron chi connectivity index (χ1n) is 9.68. The normalized spacial score (nSPS) is 16.2. The lowest BCUT2D eigenvalue weighted by atomic mass is 9.88. The molecule has 4 rings (SSSR count). The number of amides is 1. The van der Waals surface area contributed by atoms with E-state index in [0.717, 1.165) is 44.5 Å². The van der Waals surface area contributed by atoms with Gasteiger partial charge < -0.3 is 4.90 Å². The number of nitriles is 1. The molecule has 0 bridgehead atoms. The molecule has 1 aliphatic heterocycles. The van der Waals surface area contributed by atoms with E-state index >= 15 is 0 Å². The number of carbonyl (C=O) groups excluding carboxylic acids is 1. The SMILES string of the molecule is CCC(=O)N1CCC(=C2c3ccc(C#N)cc3CCc3cccnc32)CC1. The van der Waals surface area contributed by atoms with Crippen LogP contribution in [-0.4, -0.2) is 28.9 Å². The highest BCUT2D eigenvalue weighted by atomic mass is 16.2. The molecule has 1 amide bonds. The molecule has 27 heavy (non-hydrogen) atoms. The summed E-state index contributed by atoms with van der Waals surface area (Å²) < 4.78 is 0. The molecular weight excluding hydrogens is 334 g/mol. The molecule has 4 nitrogen and oxygen atoms in total. The Hall–Kier alpha value is -2.93. The van der Waals surface area contributed by atoms with E-state index in [9.17, 15) is 10.1 Å². The minimum absolute atomic E-state index is 0.234. The fraction of sp³-hybridized carbons (Fsp3) is 0.348. The van der Waals surface area contributed by atoms with E-state index in [0.29, 0.717) is 12.0 Å². The smallest absolute Gasteiger partial charge is 0.222 e. The molecule has 1 saturated heterocycles. The summed E-state index contributed by atoms with van der Waals surface area (Å²) >= 11 is 0. The van der Waals surface area contributed by atoms with E-state index in [2.05, 4.69) is 18.2 Å². The number of aromatic nitrogens is 1. The van der Waals surface area contributed by atoms with Gasteiger partial charge in [0.15, 0.2) is 0 Å². The maximum Gasteiger partial charge on any atom is 0.222 e. The molecule has 0 atom stereocenters. The van der Waals surface area contributed by atoms with Crippen molar-refractivity contribution >= 4 is 11.5 Å². The Bertz CT molecular complexity index is 958. The lowest BCUT2D eigenvalue weighted by molar-refractivity contribution is -0.131. The highest BCUT2D eigenvalue weighted by Crippen LogP contribution is 2.37. The van der Waals surface area contributed by atoms with Crippen molar-refractivity contribution in [2.24, 2.45) is 0 Å². The molecule has 1 aromatic heterocycles. The van der Waals surface area contributed by atoms with Gasteiger partial charge in [0.25, 0.3) is 0 Å². The minimum atomic E-state index is 0.234. The maximum absolute atomic E-state index is 12.0. The van der Waals surface area contributed by atoms with Crippen LogP contribution < -0.4 is 0 Å². The number of piperidine rings is 1. The van der Waals surface area contributed by atoms with E-state index in [4.69, 9.17) is 4.98 Å². The molecule has 2 heterocycles. The summed E-state index contributed by atoms with van der Waals surface area (Å²) in [5.41, 5.74) is 8.08. The van der Waals surface area contributed by atoms with Gasteiger partial charge in [0.1, 0.15) is 0 Å². The zero-order valence-corrected chi connectivity index (χ0v) is 15.7. The Balaban J connectivity index is 1.82. The second kappa shape index (κ2) is 7.36. The van der Waals surface area contributed by atoms with Gasteiger partial charge >= 0.3 is 0 Å². The number of hydrogen-bond acceptors (Lipinski definition) is 3. The molecule has 136 valence electrons. The highest BCUT2D eigenvalue weighted by molar-refractivity contribution is 5.85. The third kappa shape index (κ3) is 3.26. The number of fused-ring (bicyclic) bond motifs is 2. The molecular formula is C23H23N3O. The fourth-order valence-electron chi connectivity index (χ4n) is 4.23. The minimum Gasteiger partial charge on any atom is -0.342 e. The second-order valence-corrected chi connectivity index (χ2v) is 7.21. The summed E-state index contributed by atoms with van der Waals surface area (Å²) in [5.74, 6) is 0.234. The van der Waals surface area contributed by atoms with Crippen molar-refractivity contribution in [2.75, 3.05) is 13.1 Å². The van der Waals surface area contributed by atoms with Crippen LogP contribution in [0.1, 0.15) is 54.1 Å². The molecule has 0 N–H and O–H groups in total. The topological polar surface area (TPSA) is 57.0 Å². The van der Waals surface area contributed by atoms with Crippen LogP contribution in [0, 0.1) is 11.3 Å². The summed E-state index contributed by atoms with van der Waals surface area (Å²) in [6, 6.07) is 12.4. The van der Waals surface area contributed by atoms with Crippen LogP contribution >= 0.6 is 0 Å². The Morgan fingerprint density at radius 1 is 1.15 bits per heavy atom.